The lowest BCUT2D eigenvalue weighted by Gasteiger charge is -2.32. The van der Waals surface area contributed by atoms with Gasteiger partial charge in [0.05, 0.1) is 18.4 Å². The summed E-state index contributed by atoms with van der Waals surface area (Å²) in [5.74, 6) is 0.990. The third-order valence-electron chi connectivity index (χ3n) is 4.13. The Morgan fingerprint density at radius 1 is 1.48 bits per heavy atom. The molecule has 0 bridgehead atoms. The number of H-pyrrole nitrogens is 1. The van der Waals surface area contributed by atoms with Gasteiger partial charge >= 0.3 is 0 Å². The average molecular weight is 335 g/mol. The molecule has 2 aromatic rings. The molecule has 1 saturated heterocycles. The lowest BCUT2D eigenvalue weighted by Crippen LogP contribution is -2.38. The van der Waals surface area contributed by atoms with Crippen molar-refractivity contribution in [3.05, 3.63) is 46.8 Å². The monoisotopic (exact) mass is 334 g/mol. The van der Waals surface area contributed by atoms with E-state index in [4.69, 9.17) is 16.3 Å². The summed E-state index contributed by atoms with van der Waals surface area (Å²) < 4.78 is 5.88. The molecule has 1 fully saturated rings. The van der Waals surface area contributed by atoms with Crippen LogP contribution in [0, 0.1) is 0 Å². The Kier molecular flexibility index (Phi) is 5.65. The van der Waals surface area contributed by atoms with E-state index in [1.165, 1.54) is 0 Å². The molecule has 0 aromatic carbocycles. The number of aryl methyl sites for hydroxylation is 1. The van der Waals surface area contributed by atoms with Gasteiger partial charge in [-0.15, -0.1) is 0 Å². The summed E-state index contributed by atoms with van der Waals surface area (Å²) in [4.78, 5) is 14.3. The van der Waals surface area contributed by atoms with Crippen molar-refractivity contribution in [2.45, 2.75) is 38.8 Å². The van der Waals surface area contributed by atoms with Gasteiger partial charge in [-0.1, -0.05) is 31.0 Å². The van der Waals surface area contributed by atoms with Crippen molar-refractivity contribution in [1.82, 2.24) is 19.9 Å². The molecular weight excluding hydrogens is 312 g/mol. The highest BCUT2D eigenvalue weighted by Crippen LogP contribution is 2.24. The second-order valence-corrected chi connectivity index (χ2v) is 6.30. The van der Waals surface area contributed by atoms with Crippen LogP contribution in [0.15, 0.2) is 24.5 Å². The SMILES string of the molecule is CCCCc1nc(Cl)c(CN2CCOC(c3cccnc3)C2)[nH]1. The number of pyridine rings is 1. The second kappa shape index (κ2) is 7.90. The van der Waals surface area contributed by atoms with Crippen LogP contribution in [-0.2, 0) is 17.7 Å². The lowest BCUT2D eigenvalue weighted by molar-refractivity contribution is -0.0334. The first-order valence-corrected chi connectivity index (χ1v) is 8.61. The fourth-order valence-corrected chi connectivity index (χ4v) is 3.05. The third-order valence-corrected chi connectivity index (χ3v) is 4.45. The van der Waals surface area contributed by atoms with E-state index in [0.29, 0.717) is 11.8 Å². The number of morpholine rings is 1. The molecule has 6 heteroatoms. The lowest BCUT2D eigenvalue weighted by atomic mass is 10.1. The van der Waals surface area contributed by atoms with Crippen molar-refractivity contribution in [1.29, 1.82) is 0 Å². The molecule has 124 valence electrons. The molecule has 0 saturated carbocycles. The van der Waals surface area contributed by atoms with Crippen LogP contribution >= 0.6 is 11.6 Å². The van der Waals surface area contributed by atoms with E-state index in [-0.39, 0.29) is 6.10 Å². The molecule has 0 radical (unpaired) electrons. The largest absolute Gasteiger partial charge is 0.371 e. The van der Waals surface area contributed by atoms with Crippen molar-refractivity contribution < 1.29 is 4.74 Å². The zero-order valence-electron chi connectivity index (χ0n) is 13.5. The Labute approximate surface area is 142 Å². The van der Waals surface area contributed by atoms with Crippen LogP contribution in [0.1, 0.15) is 43.0 Å². The van der Waals surface area contributed by atoms with Gasteiger partial charge in [-0.05, 0) is 12.5 Å². The number of hydrogen-bond donors (Lipinski definition) is 1. The smallest absolute Gasteiger partial charge is 0.151 e. The Balaban J connectivity index is 1.62. The maximum absolute atomic E-state index is 6.29. The second-order valence-electron chi connectivity index (χ2n) is 5.94. The van der Waals surface area contributed by atoms with Crippen LogP contribution in [0.4, 0.5) is 0 Å². The predicted octanol–water partition coefficient (Wildman–Crippen LogP) is 3.37. The van der Waals surface area contributed by atoms with Crippen LogP contribution in [0.5, 0.6) is 0 Å². The van der Waals surface area contributed by atoms with Crippen LogP contribution in [0.3, 0.4) is 0 Å². The van der Waals surface area contributed by atoms with Gasteiger partial charge in [-0.25, -0.2) is 4.98 Å². The van der Waals surface area contributed by atoms with E-state index in [9.17, 15) is 0 Å². The van der Waals surface area contributed by atoms with Gasteiger partial charge in [0.15, 0.2) is 5.15 Å². The molecule has 1 unspecified atom stereocenters. The van der Waals surface area contributed by atoms with Crippen molar-refractivity contribution in [2.24, 2.45) is 0 Å². The molecule has 0 aliphatic carbocycles. The van der Waals surface area contributed by atoms with Gasteiger partial charge in [-0.3, -0.25) is 9.88 Å². The molecule has 3 rings (SSSR count). The number of unbranched alkanes of at least 4 members (excludes halogenated alkanes) is 1. The van der Waals surface area contributed by atoms with Gasteiger partial charge < -0.3 is 9.72 Å². The van der Waals surface area contributed by atoms with E-state index in [1.807, 2.05) is 12.3 Å². The summed E-state index contributed by atoms with van der Waals surface area (Å²) in [7, 11) is 0. The van der Waals surface area contributed by atoms with Gasteiger partial charge in [-0.2, -0.15) is 0 Å². The summed E-state index contributed by atoms with van der Waals surface area (Å²) in [6.45, 7) is 5.41. The summed E-state index contributed by atoms with van der Waals surface area (Å²) in [5.41, 5.74) is 2.13. The summed E-state index contributed by atoms with van der Waals surface area (Å²) in [5, 5.41) is 0.598. The minimum absolute atomic E-state index is 0.0682. The first-order chi connectivity index (χ1) is 11.3. The zero-order chi connectivity index (χ0) is 16.1. The molecule has 1 aliphatic rings. The molecule has 1 aliphatic heterocycles. The van der Waals surface area contributed by atoms with Gasteiger partial charge in [0.2, 0.25) is 0 Å². The number of rotatable bonds is 6. The van der Waals surface area contributed by atoms with E-state index in [1.54, 1.807) is 6.20 Å². The number of aromatic amines is 1. The van der Waals surface area contributed by atoms with Crippen molar-refractivity contribution in [2.75, 3.05) is 19.7 Å². The average Bonchev–Trinajstić information content (AvgIpc) is 2.94. The molecule has 2 aromatic heterocycles. The fourth-order valence-electron chi connectivity index (χ4n) is 2.84. The van der Waals surface area contributed by atoms with Crippen LogP contribution in [0.25, 0.3) is 0 Å². The molecule has 0 spiro atoms. The maximum Gasteiger partial charge on any atom is 0.151 e. The number of aromatic nitrogens is 3. The molecule has 23 heavy (non-hydrogen) atoms. The Hall–Kier alpha value is -1.43. The van der Waals surface area contributed by atoms with E-state index in [2.05, 4.69) is 32.8 Å². The summed E-state index contributed by atoms with van der Waals surface area (Å²) >= 11 is 6.29. The minimum atomic E-state index is 0.0682. The van der Waals surface area contributed by atoms with Gasteiger partial charge in [0.25, 0.3) is 0 Å². The first kappa shape index (κ1) is 16.4. The molecule has 0 amide bonds. The van der Waals surface area contributed by atoms with Crippen molar-refractivity contribution >= 4 is 11.6 Å². The van der Waals surface area contributed by atoms with E-state index >= 15 is 0 Å². The first-order valence-electron chi connectivity index (χ1n) is 8.23. The summed E-state index contributed by atoms with van der Waals surface area (Å²) in [6.07, 6.45) is 6.97. The predicted molar refractivity (Wildman–Crippen MR) is 90.4 cm³/mol. The van der Waals surface area contributed by atoms with E-state index < -0.39 is 0 Å². The van der Waals surface area contributed by atoms with Crippen molar-refractivity contribution in [3.63, 3.8) is 0 Å². The Morgan fingerprint density at radius 3 is 3.17 bits per heavy atom. The minimum Gasteiger partial charge on any atom is -0.371 e. The normalized spacial score (nSPS) is 19.1. The Morgan fingerprint density at radius 2 is 2.39 bits per heavy atom. The quantitative estimate of drug-likeness (QED) is 0.880. The number of hydrogen-bond acceptors (Lipinski definition) is 4. The molecule has 1 atom stereocenters. The molecule has 1 N–H and O–H groups in total. The number of nitrogens with one attached hydrogen (secondary N) is 1. The molecule has 5 nitrogen and oxygen atoms in total. The number of ether oxygens (including phenoxy) is 1. The highest BCUT2D eigenvalue weighted by atomic mass is 35.5. The third kappa shape index (κ3) is 4.31. The van der Waals surface area contributed by atoms with Crippen LogP contribution < -0.4 is 0 Å². The highest BCUT2D eigenvalue weighted by Gasteiger charge is 2.23. The number of imidazole rings is 1. The number of halogens is 1. The summed E-state index contributed by atoms with van der Waals surface area (Å²) in [6, 6.07) is 4.01. The highest BCUT2D eigenvalue weighted by molar-refractivity contribution is 6.30. The van der Waals surface area contributed by atoms with Crippen LogP contribution in [0.2, 0.25) is 5.15 Å². The molecule has 3 heterocycles. The number of nitrogens with zero attached hydrogens (tertiary/aromatic N) is 3. The van der Waals surface area contributed by atoms with Crippen LogP contribution in [-0.4, -0.2) is 39.5 Å². The topological polar surface area (TPSA) is 54.0 Å². The zero-order valence-corrected chi connectivity index (χ0v) is 14.2. The Bertz CT molecular complexity index is 616. The van der Waals surface area contributed by atoms with Gasteiger partial charge in [0, 0.05) is 44.0 Å². The van der Waals surface area contributed by atoms with Gasteiger partial charge in [0.1, 0.15) is 5.82 Å². The standard InChI is InChI=1S/C17H23ClN4O/c1-2-3-6-16-20-14(17(18)21-16)11-22-8-9-23-15(12-22)13-5-4-7-19-10-13/h4-5,7,10,15H,2-3,6,8-9,11-12H2,1H3,(H,20,21). The maximum atomic E-state index is 6.29. The fraction of sp³-hybridized carbons (Fsp3) is 0.529. The molecular formula is C17H23ClN4O. The van der Waals surface area contributed by atoms with E-state index in [0.717, 1.165) is 56.0 Å². The van der Waals surface area contributed by atoms with Crippen molar-refractivity contribution in [3.8, 4) is 0 Å².